The van der Waals surface area contributed by atoms with Gasteiger partial charge in [0.1, 0.15) is 0 Å². The number of piperidine rings is 1. The Morgan fingerprint density at radius 2 is 2.14 bits per heavy atom. The van der Waals surface area contributed by atoms with Crippen LogP contribution in [0.3, 0.4) is 0 Å². The van der Waals surface area contributed by atoms with Gasteiger partial charge in [-0.3, -0.25) is 14.9 Å². The van der Waals surface area contributed by atoms with Gasteiger partial charge in [-0.2, -0.15) is 0 Å². The Kier molecular flexibility index (Phi) is 5.57. The molecule has 7 nitrogen and oxygen atoms in total. The van der Waals surface area contributed by atoms with E-state index in [0.29, 0.717) is 13.1 Å². The van der Waals surface area contributed by atoms with Crippen LogP contribution in [0.2, 0.25) is 5.02 Å². The SMILES string of the molecule is NC1CCN(C(=O)CCOc2ccc(Cl)cc2[N+](=O)[O-])CC1. The van der Waals surface area contributed by atoms with Crippen molar-refractivity contribution in [1.82, 2.24) is 4.90 Å². The first-order chi connectivity index (χ1) is 10.5. The van der Waals surface area contributed by atoms with Crippen LogP contribution in [-0.4, -0.2) is 41.5 Å². The molecule has 0 saturated carbocycles. The fraction of sp³-hybridized carbons (Fsp3) is 0.500. The summed E-state index contributed by atoms with van der Waals surface area (Å²) in [6.45, 7) is 1.39. The van der Waals surface area contributed by atoms with Crippen molar-refractivity contribution in [3.8, 4) is 5.75 Å². The molecule has 0 aliphatic carbocycles. The molecule has 0 aromatic heterocycles. The highest BCUT2D eigenvalue weighted by Crippen LogP contribution is 2.29. The van der Waals surface area contributed by atoms with Crippen LogP contribution >= 0.6 is 11.6 Å². The molecular weight excluding hydrogens is 310 g/mol. The van der Waals surface area contributed by atoms with Crippen LogP contribution < -0.4 is 10.5 Å². The van der Waals surface area contributed by atoms with Gasteiger partial charge in [0.15, 0.2) is 5.75 Å². The van der Waals surface area contributed by atoms with Crippen LogP contribution in [0.25, 0.3) is 0 Å². The predicted octanol–water partition coefficient (Wildman–Crippen LogP) is 1.97. The largest absolute Gasteiger partial charge is 0.486 e. The number of amides is 1. The summed E-state index contributed by atoms with van der Waals surface area (Å²) in [5.41, 5.74) is 5.59. The summed E-state index contributed by atoms with van der Waals surface area (Å²) in [4.78, 5) is 24.1. The first-order valence-corrected chi connectivity index (χ1v) is 7.45. The van der Waals surface area contributed by atoms with E-state index in [-0.39, 0.29) is 41.4 Å². The van der Waals surface area contributed by atoms with Crippen molar-refractivity contribution in [1.29, 1.82) is 0 Å². The second-order valence-corrected chi connectivity index (χ2v) is 5.62. The Morgan fingerprint density at radius 3 is 2.77 bits per heavy atom. The zero-order chi connectivity index (χ0) is 16.1. The molecular formula is C14H18ClN3O4. The van der Waals surface area contributed by atoms with Crippen molar-refractivity contribution in [3.63, 3.8) is 0 Å². The summed E-state index contributed by atoms with van der Waals surface area (Å²) >= 11 is 5.73. The Labute approximate surface area is 133 Å². The number of ether oxygens (including phenoxy) is 1. The molecule has 2 rings (SSSR count). The number of carbonyl (C=O) groups is 1. The van der Waals surface area contributed by atoms with Crippen molar-refractivity contribution in [2.24, 2.45) is 5.73 Å². The molecule has 0 bridgehead atoms. The number of rotatable bonds is 5. The van der Waals surface area contributed by atoms with Crippen LogP contribution in [-0.2, 0) is 4.79 Å². The van der Waals surface area contributed by atoms with Gasteiger partial charge in [0.25, 0.3) is 0 Å². The molecule has 1 aliphatic heterocycles. The minimum atomic E-state index is -0.560. The summed E-state index contributed by atoms with van der Waals surface area (Å²) in [7, 11) is 0. The Bertz CT molecular complexity index is 559. The number of hydrogen-bond donors (Lipinski definition) is 1. The summed E-state index contributed by atoms with van der Waals surface area (Å²) in [6, 6.07) is 4.34. The van der Waals surface area contributed by atoms with Crippen molar-refractivity contribution in [3.05, 3.63) is 33.3 Å². The van der Waals surface area contributed by atoms with Crippen LogP contribution in [0.4, 0.5) is 5.69 Å². The lowest BCUT2D eigenvalue weighted by molar-refractivity contribution is -0.385. The molecule has 2 N–H and O–H groups in total. The molecule has 1 aliphatic rings. The monoisotopic (exact) mass is 327 g/mol. The van der Waals surface area contributed by atoms with Crippen molar-refractivity contribution in [2.75, 3.05) is 19.7 Å². The minimum absolute atomic E-state index is 0.0245. The molecule has 120 valence electrons. The van der Waals surface area contributed by atoms with Gasteiger partial charge in [0.2, 0.25) is 5.91 Å². The van der Waals surface area contributed by atoms with Gasteiger partial charge in [-0.05, 0) is 25.0 Å². The van der Waals surface area contributed by atoms with Crippen molar-refractivity contribution in [2.45, 2.75) is 25.3 Å². The number of halogens is 1. The van der Waals surface area contributed by atoms with Gasteiger partial charge in [0.05, 0.1) is 18.0 Å². The number of nitrogens with two attached hydrogens (primary N) is 1. The topological polar surface area (TPSA) is 98.7 Å². The van der Waals surface area contributed by atoms with Gasteiger partial charge >= 0.3 is 5.69 Å². The molecule has 1 aromatic rings. The zero-order valence-corrected chi connectivity index (χ0v) is 12.8. The quantitative estimate of drug-likeness (QED) is 0.658. The highest BCUT2D eigenvalue weighted by molar-refractivity contribution is 6.30. The number of nitro benzene ring substituents is 1. The van der Waals surface area contributed by atoms with Gasteiger partial charge in [-0.15, -0.1) is 0 Å². The third kappa shape index (κ3) is 4.32. The van der Waals surface area contributed by atoms with Gasteiger partial charge < -0.3 is 15.4 Å². The molecule has 1 fully saturated rings. The average molecular weight is 328 g/mol. The van der Waals surface area contributed by atoms with Crippen molar-refractivity contribution >= 4 is 23.2 Å². The molecule has 8 heteroatoms. The van der Waals surface area contributed by atoms with Gasteiger partial charge in [0, 0.05) is 30.2 Å². The lowest BCUT2D eigenvalue weighted by Crippen LogP contribution is -2.43. The standard InChI is InChI=1S/C14H18ClN3O4/c15-10-1-2-13(12(9-10)18(20)21)22-8-5-14(19)17-6-3-11(16)4-7-17/h1-2,9,11H,3-8,16H2. The highest BCUT2D eigenvalue weighted by Gasteiger charge is 2.21. The van der Waals surface area contributed by atoms with Crippen LogP contribution in [0.15, 0.2) is 18.2 Å². The average Bonchev–Trinajstić information content (AvgIpc) is 2.49. The molecule has 1 saturated heterocycles. The van der Waals surface area contributed by atoms with Gasteiger partial charge in [-0.1, -0.05) is 11.6 Å². The number of hydrogen-bond acceptors (Lipinski definition) is 5. The molecule has 0 atom stereocenters. The normalized spacial score (nSPS) is 15.6. The van der Waals surface area contributed by atoms with E-state index in [1.807, 2.05) is 0 Å². The second-order valence-electron chi connectivity index (χ2n) is 5.19. The van der Waals surface area contributed by atoms with Crippen LogP contribution in [0.1, 0.15) is 19.3 Å². The maximum atomic E-state index is 12.0. The Morgan fingerprint density at radius 1 is 1.45 bits per heavy atom. The zero-order valence-electron chi connectivity index (χ0n) is 12.0. The number of nitro groups is 1. The predicted molar refractivity (Wildman–Crippen MR) is 82.0 cm³/mol. The maximum Gasteiger partial charge on any atom is 0.312 e. The third-order valence-electron chi connectivity index (χ3n) is 3.58. The number of carbonyl (C=O) groups excluding carboxylic acids is 1. The summed E-state index contributed by atoms with van der Waals surface area (Å²) in [5.74, 6) is 0.0892. The van der Waals surface area contributed by atoms with E-state index in [2.05, 4.69) is 0 Å². The third-order valence-corrected chi connectivity index (χ3v) is 3.82. The summed E-state index contributed by atoms with van der Waals surface area (Å²) in [6.07, 6.45) is 1.78. The van der Waals surface area contributed by atoms with E-state index in [0.717, 1.165) is 12.8 Å². The number of benzene rings is 1. The molecule has 1 amide bonds. The van der Waals surface area contributed by atoms with Gasteiger partial charge in [-0.25, -0.2) is 0 Å². The summed E-state index contributed by atoms with van der Waals surface area (Å²) < 4.78 is 5.36. The fourth-order valence-corrected chi connectivity index (χ4v) is 2.48. The van der Waals surface area contributed by atoms with E-state index in [4.69, 9.17) is 22.1 Å². The molecule has 0 radical (unpaired) electrons. The molecule has 22 heavy (non-hydrogen) atoms. The molecule has 0 spiro atoms. The number of nitrogens with zero attached hydrogens (tertiary/aromatic N) is 2. The molecule has 1 heterocycles. The van der Waals surface area contributed by atoms with E-state index < -0.39 is 4.92 Å². The first-order valence-electron chi connectivity index (χ1n) is 7.07. The lowest BCUT2D eigenvalue weighted by atomic mass is 10.1. The van der Waals surface area contributed by atoms with Crippen LogP contribution in [0, 0.1) is 10.1 Å². The second kappa shape index (κ2) is 7.42. The maximum absolute atomic E-state index is 12.0. The highest BCUT2D eigenvalue weighted by atomic mass is 35.5. The first kappa shape index (κ1) is 16.5. The van der Waals surface area contributed by atoms with E-state index in [9.17, 15) is 14.9 Å². The van der Waals surface area contributed by atoms with Crippen molar-refractivity contribution < 1.29 is 14.5 Å². The minimum Gasteiger partial charge on any atom is -0.486 e. The van der Waals surface area contributed by atoms with E-state index in [1.54, 1.807) is 4.90 Å². The Balaban J connectivity index is 1.86. The fourth-order valence-electron chi connectivity index (χ4n) is 2.31. The lowest BCUT2D eigenvalue weighted by Gasteiger charge is -2.30. The Hall–Kier alpha value is -1.86. The molecule has 0 unspecified atom stereocenters. The number of likely N-dealkylation sites (tertiary alicyclic amines) is 1. The smallest absolute Gasteiger partial charge is 0.312 e. The van der Waals surface area contributed by atoms with E-state index in [1.165, 1.54) is 18.2 Å². The van der Waals surface area contributed by atoms with E-state index >= 15 is 0 Å². The van der Waals surface area contributed by atoms with Crippen LogP contribution in [0.5, 0.6) is 5.75 Å². The summed E-state index contributed by atoms with van der Waals surface area (Å²) in [5, 5.41) is 11.2. The molecule has 1 aromatic carbocycles.